The molecule has 7 heteroatoms. The van der Waals surface area contributed by atoms with Crippen LogP contribution in [0.1, 0.15) is 21.7 Å². The third kappa shape index (κ3) is 2.64. The van der Waals surface area contributed by atoms with E-state index >= 15 is 0 Å². The van der Waals surface area contributed by atoms with Crippen molar-refractivity contribution in [2.24, 2.45) is 0 Å². The van der Waals surface area contributed by atoms with E-state index in [0.717, 1.165) is 4.47 Å². The maximum absolute atomic E-state index is 12.5. The van der Waals surface area contributed by atoms with E-state index in [9.17, 15) is 4.79 Å². The summed E-state index contributed by atoms with van der Waals surface area (Å²) < 4.78 is 5.97. The molecule has 3 heterocycles. The van der Waals surface area contributed by atoms with Crippen LogP contribution in [0.3, 0.4) is 0 Å². The molecule has 1 N–H and O–H groups in total. The Morgan fingerprint density at radius 1 is 1.33 bits per heavy atom. The highest BCUT2D eigenvalue weighted by Gasteiger charge is 2.18. The molecule has 106 valence electrons. The molecule has 0 radical (unpaired) electrons. The van der Waals surface area contributed by atoms with Gasteiger partial charge in [-0.15, -0.1) is 0 Å². The van der Waals surface area contributed by atoms with Crippen LogP contribution in [0.2, 0.25) is 0 Å². The number of nitrogens with one attached hydrogen (secondary N) is 1. The molecule has 0 unspecified atom stereocenters. The Balaban J connectivity index is 2.01. The van der Waals surface area contributed by atoms with Crippen molar-refractivity contribution in [1.82, 2.24) is 15.1 Å². The Bertz CT molecular complexity index is 827. The number of aromatic nitrogens is 3. The molecule has 3 aromatic rings. The van der Waals surface area contributed by atoms with Crippen molar-refractivity contribution in [3.63, 3.8) is 0 Å². The normalized spacial score (nSPS) is 10.8. The summed E-state index contributed by atoms with van der Waals surface area (Å²) >= 11 is 3.30. The predicted molar refractivity (Wildman–Crippen MR) is 81.2 cm³/mol. The number of pyridine rings is 2. The predicted octanol–water partition coefficient (Wildman–Crippen LogP) is 3.25. The lowest BCUT2D eigenvalue weighted by molar-refractivity contribution is 0.102. The van der Waals surface area contributed by atoms with Gasteiger partial charge in [0.05, 0.1) is 16.6 Å². The first-order valence-corrected chi connectivity index (χ1v) is 7.00. The smallest absolute Gasteiger partial charge is 0.258 e. The Morgan fingerprint density at radius 3 is 2.86 bits per heavy atom. The van der Waals surface area contributed by atoms with E-state index in [1.807, 2.05) is 0 Å². The van der Waals surface area contributed by atoms with E-state index in [1.165, 1.54) is 0 Å². The van der Waals surface area contributed by atoms with Gasteiger partial charge in [0, 0.05) is 16.4 Å². The summed E-state index contributed by atoms with van der Waals surface area (Å²) in [7, 11) is 0. The molecule has 0 bridgehead atoms. The fourth-order valence-electron chi connectivity index (χ4n) is 2.03. The first-order chi connectivity index (χ1) is 10.0. The fourth-order valence-corrected chi connectivity index (χ4v) is 2.26. The summed E-state index contributed by atoms with van der Waals surface area (Å²) in [6.07, 6.45) is 1.62. The van der Waals surface area contributed by atoms with Gasteiger partial charge in [0.2, 0.25) is 0 Å². The van der Waals surface area contributed by atoms with Crippen LogP contribution < -0.4 is 5.32 Å². The van der Waals surface area contributed by atoms with Crippen LogP contribution in [0.25, 0.3) is 11.1 Å². The first-order valence-electron chi connectivity index (χ1n) is 6.21. The molecule has 0 fully saturated rings. The summed E-state index contributed by atoms with van der Waals surface area (Å²) in [6, 6.07) is 5.23. The van der Waals surface area contributed by atoms with Gasteiger partial charge in [-0.3, -0.25) is 4.79 Å². The number of amides is 1. The number of anilines is 1. The molecule has 0 aliphatic rings. The number of nitrogens with zero attached hydrogens (tertiary/aromatic N) is 3. The molecule has 0 aliphatic carbocycles. The summed E-state index contributed by atoms with van der Waals surface area (Å²) in [6.45, 7) is 3.57. The van der Waals surface area contributed by atoms with Gasteiger partial charge in [0.15, 0.2) is 0 Å². The molecule has 3 aromatic heterocycles. The minimum Gasteiger partial charge on any atom is -0.336 e. The molecule has 0 saturated heterocycles. The second-order valence-corrected chi connectivity index (χ2v) is 5.49. The quantitative estimate of drug-likeness (QED) is 0.770. The van der Waals surface area contributed by atoms with E-state index < -0.39 is 0 Å². The highest BCUT2D eigenvalue weighted by molar-refractivity contribution is 9.10. The van der Waals surface area contributed by atoms with Crippen molar-refractivity contribution in [3.05, 3.63) is 45.8 Å². The van der Waals surface area contributed by atoms with Crippen LogP contribution in [0.4, 0.5) is 5.82 Å². The van der Waals surface area contributed by atoms with Gasteiger partial charge in [-0.25, -0.2) is 9.97 Å². The summed E-state index contributed by atoms with van der Waals surface area (Å²) in [5.74, 6) is 0.201. The average Bonchev–Trinajstić information content (AvgIpc) is 2.82. The fraction of sp³-hybridized carbons (Fsp3) is 0.143. The molecule has 0 aromatic carbocycles. The zero-order valence-electron chi connectivity index (χ0n) is 11.3. The van der Waals surface area contributed by atoms with E-state index in [-0.39, 0.29) is 5.91 Å². The lowest BCUT2D eigenvalue weighted by atomic mass is 10.1. The Hall–Kier alpha value is -2.28. The van der Waals surface area contributed by atoms with Gasteiger partial charge in [-0.1, -0.05) is 5.16 Å². The Morgan fingerprint density at radius 2 is 2.14 bits per heavy atom. The van der Waals surface area contributed by atoms with Crippen molar-refractivity contribution in [2.75, 3.05) is 5.32 Å². The van der Waals surface area contributed by atoms with Crippen molar-refractivity contribution in [1.29, 1.82) is 0 Å². The SMILES string of the molecule is Cc1cc(C(=O)Nc2ccc(Br)cn2)c2c(C)noc2n1. The van der Waals surface area contributed by atoms with Gasteiger partial charge in [-0.2, -0.15) is 0 Å². The average molecular weight is 347 g/mol. The number of fused-ring (bicyclic) bond motifs is 1. The van der Waals surface area contributed by atoms with E-state index in [1.54, 1.807) is 38.2 Å². The van der Waals surface area contributed by atoms with Crippen molar-refractivity contribution < 1.29 is 9.32 Å². The molecular formula is C14H11BrN4O2. The summed E-state index contributed by atoms with van der Waals surface area (Å²) in [5, 5.41) is 7.23. The molecule has 0 spiro atoms. The zero-order chi connectivity index (χ0) is 15.0. The molecule has 3 rings (SSSR count). The maximum atomic E-state index is 12.5. The topological polar surface area (TPSA) is 80.9 Å². The van der Waals surface area contributed by atoms with Crippen molar-refractivity contribution >= 4 is 38.8 Å². The van der Waals surface area contributed by atoms with Gasteiger partial charge >= 0.3 is 0 Å². The number of hydrogen-bond donors (Lipinski definition) is 1. The molecule has 21 heavy (non-hydrogen) atoms. The minimum atomic E-state index is -0.272. The van der Waals surface area contributed by atoms with E-state index in [4.69, 9.17) is 4.52 Å². The van der Waals surface area contributed by atoms with Gasteiger partial charge in [0.25, 0.3) is 11.6 Å². The summed E-state index contributed by atoms with van der Waals surface area (Å²) in [4.78, 5) is 20.8. The van der Waals surface area contributed by atoms with Crippen LogP contribution >= 0.6 is 15.9 Å². The van der Waals surface area contributed by atoms with Gasteiger partial charge < -0.3 is 9.84 Å². The summed E-state index contributed by atoms with van der Waals surface area (Å²) in [5.41, 5.74) is 2.15. The van der Waals surface area contributed by atoms with Crippen molar-refractivity contribution in [3.8, 4) is 0 Å². The largest absolute Gasteiger partial charge is 0.336 e. The first kappa shape index (κ1) is 13.7. The number of carbonyl (C=O) groups is 1. The molecule has 1 amide bonds. The third-order valence-corrected chi connectivity index (χ3v) is 3.43. The van der Waals surface area contributed by atoms with Gasteiger partial charge in [0.1, 0.15) is 5.82 Å². The van der Waals surface area contributed by atoms with E-state index in [2.05, 4.69) is 36.4 Å². The second-order valence-electron chi connectivity index (χ2n) is 4.58. The molecule has 0 aliphatic heterocycles. The molecule has 6 nitrogen and oxygen atoms in total. The van der Waals surface area contributed by atoms with Crippen LogP contribution in [-0.2, 0) is 0 Å². The lowest BCUT2D eigenvalue weighted by Crippen LogP contribution is -2.14. The third-order valence-electron chi connectivity index (χ3n) is 2.96. The number of carbonyl (C=O) groups excluding carboxylic acids is 1. The lowest BCUT2D eigenvalue weighted by Gasteiger charge is -2.06. The highest BCUT2D eigenvalue weighted by atomic mass is 79.9. The molecule has 0 atom stereocenters. The standard InChI is InChI=1S/C14H11BrN4O2/c1-7-5-10(12-8(2)19-21-14(12)17-7)13(20)18-11-4-3-9(15)6-16-11/h3-6H,1-2H3,(H,16,18,20). The van der Waals surface area contributed by atoms with Gasteiger partial charge in [-0.05, 0) is 48.0 Å². The highest BCUT2D eigenvalue weighted by Crippen LogP contribution is 2.22. The number of hydrogen-bond acceptors (Lipinski definition) is 5. The van der Waals surface area contributed by atoms with Crippen LogP contribution in [-0.4, -0.2) is 21.0 Å². The zero-order valence-corrected chi connectivity index (χ0v) is 12.9. The Labute approximate surface area is 128 Å². The number of aryl methyl sites for hydroxylation is 2. The van der Waals surface area contributed by atoms with Crippen molar-refractivity contribution in [2.45, 2.75) is 13.8 Å². The number of halogens is 1. The minimum absolute atomic E-state index is 0.272. The molecule has 0 saturated carbocycles. The maximum Gasteiger partial charge on any atom is 0.258 e. The van der Waals surface area contributed by atoms with Crippen LogP contribution in [0.5, 0.6) is 0 Å². The monoisotopic (exact) mass is 346 g/mol. The second kappa shape index (κ2) is 5.25. The molecular weight excluding hydrogens is 336 g/mol. The Kier molecular flexibility index (Phi) is 3.42. The number of rotatable bonds is 2. The van der Waals surface area contributed by atoms with Crippen LogP contribution in [0, 0.1) is 13.8 Å². The van der Waals surface area contributed by atoms with Crippen LogP contribution in [0.15, 0.2) is 33.4 Å². The van der Waals surface area contributed by atoms with E-state index in [0.29, 0.717) is 33.9 Å².